The van der Waals surface area contributed by atoms with Crippen molar-refractivity contribution < 1.29 is 4.79 Å². The number of nitrogens with zero attached hydrogens (tertiary/aromatic N) is 2. The lowest BCUT2D eigenvalue weighted by atomic mass is 10.1. The summed E-state index contributed by atoms with van der Waals surface area (Å²) in [6.45, 7) is 4.08. The highest BCUT2D eigenvalue weighted by Crippen LogP contribution is 2.30. The zero-order valence-electron chi connectivity index (χ0n) is 15.0. The molecule has 1 N–H and O–H groups in total. The SMILES string of the molecule is CC[C@@]1(C)N=C(SCC(=O)Nc2ccc(Br)cc2)C(c2ccc(Br)cc2)=N1. The molecule has 0 unspecified atom stereocenters. The number of amides is 1. The molecule has 1 heterocycles. The Bertz CT molecular complexity index is 894. The lowest BCUT2D eigenvalue weighted by Crippen LogP contribution is -2.17. The van der Waals surface area contributed by atoms with Crippen molar-refractivity contribution in [2.75, 3.05) is 11.1 Å². The molecule has 0 radical (unpaired) electrons. The third-order valence-electron chi connectivity index (χ3n) is 4.15. The van der Waals surface area contributed by atoms with Crippen LogP contribution in [0.15, 0.2) is 67.5 Å². The number of anilines is 1. The van der Waals surface area contributed by atoms with E-state index in [2.05, 4.69) is 44.1 Å². The van der Waals surface area contributed by atoms with E-state index in [1.54, 1.807) is 0 Å². The molecule has 2 aromatic carbocycles. The first-order chi connectivity index (χ1) is 12.9. The molecule has 0 fully saturated rings. The normalized spacial score (nSPS) is 18.8. The van der Waals surface area contributed by atoms with Crippen LogP contribution in [0.3, 0.4) is 0 Å². The summed E-state index contributed by atoms with van der Waals surface area (Å²) in [6, 6.07) is 15.5. The molecule has 7 heteroatoms. The van der Waals surface area contributed by atoms with Crippen LogP contribution in [0, 0.1) is 0 Å². The molecule has 3 rings (SSSR count). The number of carbonyl (C=O) groups excluding carboxylic acids is 1. The Morgan fingerprint density at radius 1 is 1.04 bits per heavy atom. The second kappa shape index (κ2) is 8.71. The van der Waals surface area contributed by atoms with Gasteiger partial charge in [-0.2, -0.15) is 0 Å². The Balaban J connectivity index is 1.70. The molecule has 0 bridgehead atoms. The second-order valence-electron chi connectivity index (χ2n) is 6.30. The minimum absolute atomic E-state index is 0.0646. The van der Waals surface area contributed by atoms with Crippen molar-refractivity contribution >= 4 is 66.0 Å². The summed E-state index contributed by atoms with van der Waals surface area (Å²) in [5.41, 5.74) is 2.17. The van der Waals surface area contributed by atoms with Crippen molar-refractivity contribution in [3.05, 3.63) is 63.0 Å². The number of hydrogen-bond donors (Lipinski definition) is 1. The van der Waals surface area contributed by atoms with E-state index in [1.165, 1.54) is 11.8 Å². The molecule has 1 amide bonds. The van der Waals surface area contributed by atoms with Crippen molar-refractivity contribution in [2.45, 2.75) is 25.9 Å². The molecular weight excluding hydrogens is 490 g/mol. The summed E-state index contributed by atoms with van der Waals surface area (Å²) in [5, 5.41) is 3.72. The third kappa shape index (κ3) is 5.30. The van der Waals surface area contributed by atoms with E-state index in [0.29, 0.717) is 0 Å². The van der Waals surface area contributed by atoms with Crippen LogP contribution in [-0.2, 0) is 4.79 Å². The molecule has 0 saturated heterocycles. The van der Waals surface area contributed by atoms with Crippen molar-refractivity contribution in [2.24, 2.45) is 9.98 Å². The van der Waals surface area contributed by atoms with Crippen molar-refractivity contribution in [1.82, 2.24) is 0 Å². The molecule has 1 atom stereocenters. The highest BCUT2D eigenvalue weighted by atomic mass is 79.9. The van der Waals surface area contributed by atoms with Gasteiger partial charge in [-0.1, -0.05) is 62.7 Å². The fraction of sp³-hybridized carbons (Fsp3) is 0.250. The van der Waals surface area contributed by atoms with Gasteiger partial charge in [-0.3, -0.25) is 9.79 Å². The van der Waals surface area contributed by atoms with Gasteiger partial charge in [0.1, 0.15) is 10.7 Å². The van der Waals surface area contributed by atoms with Gasteiger partial charge in [0.25, 0.3) is 0 Å². The summed E-state index contributed by atoms with van der Waals surface area (Å²) in [6.07, 6.45) is 0.808. The van der Waals surface area contributed by atoms with Gasteiger partial charge in [0, 0.05) is 20.2 Å². The van der Waals surface area contributed by atoms with Gasteiger partial charge in [0.15, 0.2) is 0 Å². The van der Waals surface area contributed by atoms with Crippen LogP contribution >= 0.6 is 43.6 Å². The number of rotatable bonds is 5. The molecule has 2 aromatic rings. The number of thioether (sulfide) groups is 1. The molecular formula is C20H19Br2N3OS. The first-order valence-corrected chi connectivity index (χ1v) is 11.1. The average Bonchev–Trinajstić information content (AvgIpc) is 3.00. The summed E-state index contributed by atoms with van der Waals surface area (Å²) >= 11 is 8.27. The zero-order chi connectivity index (χ0) is 19.4. The topological polar surface area (TPSA) is 53.8 Å². The highest BCUT2D eigenvalue weighted by molar-refractivity contribution is 9.10. The van der Waals surface area contributed by atoms with Gasteiger partial charge in [0.2, 0.25) is 5.91 Å². The molecule has 0 aliphatic carbocycles. The van der Waals surface area contributed by atoms with Crippen molar-refractivity contribution in [3.8, 4) is 0 Å². The zero-order valence-corrected chi connectivity index (χ0v) is 19.0. The standard InChI is InChI=1S/C20H19Br2N3OS/c1-3-20(2)24-18(13-4-6-14(21)7-5-13)19(25-20)27-12-17(26)23-16-10-8-15(22)9-11-16/h4-11H,3,12H2,1-2H3,(H,23,26)/t20-/m1/s1. The van der Waals surface area contributed by atoms with Crippen LogP contribution in [0.1, 0.15) is 25.8 Å². The minimum Gasteiger partial charge on any atom is -0.325 e. The molecule has 140 valence electrons. The molecule has 27 heavy (non-hydrogen) atoms. The number of aliphatic imine (C=N–C) groups is 2. The van der Waals surface area contributed by atoms with E-state index in [0.717, 1.165) is 37.4 Å². The Kier molecular flexibility index (Phi) is 6.55. The lowest BCUT2D eigenvalue weighted by Gasteiger charge is -2.13. The van der Waals surface area contributed by atoms with E-state index in [1.807, 2.05) is 55.5 Å². The summed E-state index contributed by atoms with van der Waals surface area (Å²) < 4.78 is 1.99. The molecule has 4 nitrogen and oxygen atoms in total. The van der Waals surface area contributed by atoms with Gasteiger partial charge < -0.3 is 5.32 Å². The number of halogens is 2. The highest BCUT2D eigenvalue weighted by Gasteiger charge is 2.31. The number of carbonyl (C=O) groups is 1. The number of hydrogen-bond acceptors (Lipinski definition) is 4. The molecule has 1 aliphatic heterocycles. The number of nitrogens with one attached hydrogen (secondary N) is 1. The predicted molar refractivity (Wildman–Crippen MR) is 122 cm³/mol. The predicted octanol–water partition coefficient (Wildman–Crippen LogP) is 5.91. The third-order valence-corrected chi connectivity index (χ3v) is 6.17. The Hall–Kier alpha value is -1.44. The van der Waals surface area contributed by atoms with E-state index < -0.39 is 5.66 Å². The maximum absolute atomic E-state index is 12.3. The first kappa shape index (κ1) is 20.3. The maximum Gasteiger partial charge on any atom is 0.234 e. The van der Waals surface area contributed by atoms with Crippen LogP contribution in [0.25, 0.3) is 0 Å². The lowest BCUT2D eigenvalue weighted by molar-refractivity contribution is -0.113. The summed E-state index contributed by atoms with van der Waals surface area (Å²) in [7, 11) is 0. The molecule has 0 spiro atoms. The monoisotopic (exact) mass is 507 g/mol. The van der Waals surface area contributed by atoms with Gasteiger partial charge in [-0.15, -0.1) is 0 Å². The van der Waals surface area contributed by atoms with E-state index >= 15 is 0 Å². The average molecular weight is 509 g/mol. The van der Waals surface area contributed by atoms with Gasteiger partial charge in [-0.25, -0.2) is 4.99 Å². The van der Waals surface area contributed by atoms with Crippen LogP contribution in [0.2, 0.25) is 0 Å². The fourth-order valence-corrected chi connectivity index (χ4v) is 3.93. The van der Waals surface area contributed by atoms with Crippen LogP contribution in [0.4, 0.5) is 5.69 Å². The van der Waals surface area contributed by atoms with Gasteiger partial charge >= 0.3 is 0 Å². The quantitative estimate of drug-likeness (QED) is 0.545. The molecule has 0 aromatic heterocycles. The van der Waals surface area contributed by atoms with Gasteiger partial charge in [0.05, 0.1) is 11.5 Å². The Labute approximate surface area is 180 Å². The van der Waals surface area contributed by atoms with Crippen LogP contribution in [-0.4, -0.2) is 28.1 Å². The molecule has 1 aliphatic rings. The Morgan fingerprint density at radius 2 is 1.63 bits per heavy atom. The van der Waals surface area contributed by atoms with E-state index in [9.17, 15) is 4.79 Å². The number of benzene rings is 2. The largest absolute Gasteiger partial charge is 0.325 e. The second-order valence-corrected chi connectivity index (χ2v) is 9.09. The summed E-state index contributed by atoms with van der Waals surface area (Å²) in [4.78, 5) is 21.9. The van der Waals surface area contributed by atoms with Gasteiger partial charge in [-0.05, 0) is 49.7 Å². The maximum atomic E-state index is 12.3. The summed E-state index contributed by atoms with van der Waals surface area (Å²) in [5.74, 6) is 0.217. The smallest absolute Gasteiger partial charge is 0.234 e. The van der Waals surface area contributed by atoms with E-state index in [-0.39, 0.29) is 11.7 Å². The van der Waals surface area contributed by atoms with E-state index in [4.69, 9.17) is 9.98 Å². The van der Waals surface area contributed by atoms with Crippen LogP contribution < -0.4 is 5.32 Å². The fourth-order valence-electron chi connectivity index (χ4n) is 2.50. The first-order valence-electron chi connectivity index (χ1n) is 8.53. The van der Waals surface area contributed by atoms with Crippen molar-refractivity contribution in [3.63, 3.8) is 0 Å². The van der Waals surface area contributed by atoms with Crippen molar-refractivity contribution in [1.29, 1.82) is 0 Å². The van der Waals surface area contributed by atoms with Crippen LogP contribution in [0.5, 0.6) is 0 Å². The molecule has 0 saturated carbocycles. The minimum atomic E-state index is -0.465. The Morgan fingerprint density at radius 3 is 2.22 bits per heavy atom.